The number of pyridine rings is 2. The summed E-state index contributed by atoms with van der Waals surface area (Å²) in [4.78, 5) is 41.1. The molecular formula is C102H68N8. The van der Waals surface area contributed by atoms with Crippen molar-refractivity contribution >= 4 is 64.9 Å². The normalized spacial score (nSPS) is 11.4. The lowest BCUT2D eigenvalue weighted by molar-refractivity contribution is 1.07. The molecule has 4 aromatic heterocycles. The molecule has 0 N–H and O–H groups in total. The molecule has 0 unspecified atom stereocenters. The van der Waals surface area contributed by atoms with Gasteiger partial charge in [0, 0.05) is 88.0 Å². The van der Waals surface area contributed by atoms with Crippen molar-refractivity contribution in [2.45, 2.75) is 13.8 Å². The molecule has 0 amide bonds. The minimum absolute atomic E-state index is 0.619. The van der Waals surface area contributed by atoms with Crippen molar-refractivity contribution in [1.82, 2.24) is 39.9 Å². The second-order valence-corrected chi connectivity index (χ2v) is 27.9. The van der Waals surface area contributed by atoms with Crippen LogP contribution in [0.15, 0.2) is 376 Å². The molecule has 110 heavy (non-hydrogen) atoms. The van der Waals surface area contributed by atoms with Gasteiger partial charge >= 0.3 is 0 Å². The summed E-state index contributed by atoms with van der Waals surface area (Å²) < 4.78 is 0. The third-order valence-corrected chi connectivity index (χ3v) is 20.8. The lowest BCUT2D eigenvalue weighted by Crippen LogP contribution is -2.00. The summed E-state index contributed by atoms with van der Waals surface area (Å²) >= 11 is 0. The smallest absolute Gasteiger partial charge is 0.164 e. The maximum absolute atomic E-state index is 5.47. The van der Waals surface area contributed by atoms with Gasteiger partial charge in [0.15, 0.2) is 34.9 Å². The van der Waals surface area contributed by atoms with Crippen molar-refractivity contribution in [2.24, 2.45) is 0 Å². The largest absolute Gasteiger partial charge is 0.246 e. The SMILES string of the molecule is Cc1ccc(-c2nc(-c3ccc(C)cc3)nc(-c3ccc(-c4cccc5c4nc(-c4ccccc4)c4cccc(-c6ccccc6)c45)cc3)n2)cc1.c1ccc(-c2nc3c(-c4ccc(-c5nc(-c6ccc7ccccc7c6)nc(-c6ccc7ccccc7c6)n5)cc4)cccc3c3c(-c4ccccc4)cccc23)cc1. The second-order valence-electron chi connectivity index (χ2n) is 27.9. The first-order chi connectivity index (χ1) is 54.3. The Labute approximate surface area is 637 Å². The molecule has 0 atom stereocenters. The number of hydrogen-bond acceptors (Lipinski definition) is 8. The molecule has 516 valence electrons. The number of nitrogens with zero attached hydrogens (tertiary/aromatic N) is 8. The summed E-state index contributed by atoms with van der Waals surface area (Å²) in [5, 5.41) is 11.5. The minimum atomic E-state index is 0.619. The summed E-state index contributed by atoms with van der Waals surface area (Å²) in [6.45, 7) is 4.17. The second kappa shape index (κ2) is 28.7. The van der Waals surface area contributed by atoms with Crippen LogP contribution in [0.4, 0.5) is 0 Å². The molecule has 0 fully saturated rings. The van der Waals surface area contributed by atoms with Gasteiger partial charge in [-0.2, -0.15) is 0 Å². The van der Waals surface area contributed by atoms with E-state index < -0.39 is 0 Å². The fourth-order valence-electron chi connectivity index (χ4n) is 15.2. The van der Waals surface area contributed by atoms with Crippen molar-refractivity contribution in [1.29, 1.82) is 0 Å². The molecule has 0 saturated carbocycles. The van der Waals surface area contributed by atoms with E-state index in [4.69, 9.17) is 39.9 Å². The van der Waals surface area contributed by atoms with Crippen molar-refractivity contribution in [3.8, 4) is 135 Å². The molecule has 20 rings (SSSR count). The van der Waals surface area contributed by atoms with Gasteiger partial charge in [0.05, 0.1) is 22.4 Å². The number of aromatic nitrogens is 8. The topological polar surface area (TPSA) is 103 Å². The predicted octanol–water partition coefficient (Wildman–Crippen LogP) is 26.1. The Kier molecular flexibility index (Phi) is 17.2. The first-order valence-electron chi connectivity index (χ1n) is 37.1. The molecule has 8 nitrogen and oxygen atoms in total. The molecule has 20 aromatic rings. The van der Waals surface area contributed by atoms with E-state index in [0.29, 0.717) is 34.9 Å². The third-order valence-electron chi connectivity index (χ3n) is 20.8. The monoisotopic (exact) mass is 1400 g/mol. The van der Waals surface area contributed by atoms with Gasteiger partial charge in [0.25, 0.3) is 0 Å². The van der Waals surface area contributed by atoms with Gasteiger partial charge in [-0.15, -0.1) is 0 Å². The highest BCUT2D eigenvalue weighted by Crippen LogP contribution is 2.44. The van der Waals surface area contributed by atoms with Crippen LogP contribution in [0, 0.1) is 13.8 Å². The van der Waals surface area contributed by atoms with Crippen LogP contribution in [0.1, 0.15) is 11.1 Å². The Morgan fingerprint density at radius 3 is 0.764 bits per heavy atom. The van der Waals surface area contributed by atoms with E-state index in [1.165, 1.54) is 54.9 Å². The summed E-state index contributed by atoms with van der Waals surface area (Å²) in [5.41, 5.74) is 23.1. The van der Waals surface area contributed by atoms with Crippen LogP contribution in [0.3, 0.4) is 0 Å². The van der Waals surface area contributed by atoms with E-state index in [1.807, 2.05) is 0 Å². The molecule has 0 bridgehead atoms. The average molecular weight is 1410 g/mol. The first kappa shape index (κ1) is 66.1. The molecular weight excluding hydrogens is 1340 g/mol. The number of para-hydroxylation sites is 2. The molecule has 0 radical (unpaired) electrons. The first-order valence-corrected chi connectivity index (χ1v) is 37.1. The quantitative estimate of drug-likeness (QED) is 0.111. The van der Waals surface area contributed by atoms with Crippen molar-refractivity contribution < 1.29 is 0 Å². The highest BCUT2D eigenvalue weighted by molar-refractivity contribution is 6.21. The van der Waals surface area contributed by atoms with Crippen LogP contribution in [0.2, 0.25) is 0 Å². The van der Waals surface area contributed by atoms with E-state index >= 15 is 0 Å². The molecule has 0 saturated heterocycles. The van der Waals surface area contributed by atoms with Gasteiger partial charge in [-0.1, -0.05) is 375 Å². The maximum atomic E-state index is 5.47. The number of benzene rings is 16. The number of aryl methyl sites for hydroxylation is 2. The highest BCUT2D eigenvalue weighted by Gasteiger charge is 2.22. The minimum Gasteiger partial charge on any atom is -0.246 e. The Hall–Kier alpha value is -14.6. The van der Waals surface area contributed by atoms with E-state index in [-0.39, 0.29) is 0 Å². The Bertz CT molecular complexity index is 6700. The van der Waals surface area contributed by atoms with Crippen LogP contribution >= 0.6 is 0 Å². The highest BCUT2D eigenvalue weighted by atomic mass is 15.0. The zero-order valence-electron chi connectivity index (χ0n) is 60.4. The van der Waals surface area contributed by atoms with Crippen LogP contribution in [0.25, 0.3) is 200 Å². The fraction of sp³-hybridized carbons (Fsp3) is 0.0196. The van der Waals surface area contributed by atoms with Crippen LogP contribution < -0.4 is 0 Å². The van der Waals surface area contributed by atoms with Crippen molar-refractivity contribution in [3.63, 3.8) is 0 Å². The number of rotatable bonds is 12. The van der Waals surface area contributed by atoms with E-state index in [1.54, 1.807) is 0 Å². The van der Waals surface area contributed by atoms with Gasteiger partial charge < -0.3 is 0 Å². The van der Waals surface area contributed by atoms with Crippen molar-refractivity contribution in [3.05, 3.63) is 387 Å². The zero-order chi connectivity index (χ0) is 73.4. The number of hydrogen-bond donors (Lipinski definition) is 0. The standard InChI is InChI=1S/C54H34N4.C48H34N4/c1-3-15-37(16-4-1)45-21-11-23-47-49(45)48-24-12-22-46(51(48)55-50(47)39-17-5-2-6-18-39)38-27-29-40(30-28-38)52-56-53(43-31-25-35-13-7-9-19-41(35)33-43)58-54(57-52)44-32-26-36-14-8-10-20-42(36)34-44;1-31-19-23-36(24-20-31)46-50-47(37-25-21-32(2)22-26-37)52-48(51-46)38-29-27-34(28-30-38)40-16-10-18-42-43-39(33-11-5-3-6-12-33)15-9-17-41(43)44(49-45(40)42)35-13-7-4-8-14-35/h1-34H;3-30H,1-2H3. The van der Waals surface area contributed by atoms with Crippen LogP contribution in [-0.2, 0) is 0 Å². The van der Waals surface area contributed by atoms with Gasteiger partial charge in [-0.05, 0) is 80.9 Å². The van der Waals surface area contributed by atoms with Gasteiger partial charge in [0.2, 0.25) is 0 Å². The van der Waals surface area contributed by atoms with E-state index in [0.717, 1.165) is 122 Å². The maximum Gasteiger partial charge on any atom is 0.164 e. The summed E-state index contributed by atoms with van der Waals surface area (Å²) in [7, 11) is 0. The van der Waals surface area contributed by atoms with Gasteiger partial charge in [-0.25, -0.2) is 39.9 Å². The fourth-order valence-corrected chi connectivity index (χ4v) is 15.2. The Morgan fingerprint density at radius 1 is 0.164 bits per heavy atom. The third kappa shape index (κ3) is 12.8. The van der Waals surface area contributed by atoms with Gasteiger partial charge in [-0.3, -0.25) is 0 Å². The Balaban J connectivity index is 0.000000150. The summed E-state index contributed by atoms with van der Waals surface area (Å²) in [6.07, 6.45) is 0. The predicted molar refractivity (Wildman–Crippen MR) is 455 cm³/mol. The molecule has 0 aliphatic rings. The molecule has 0 spiro atoms. The molecule has 16 aromatic carbocycles. The zero-order valence-corrected chi connectivity index (χ0v) is 60.4. The molecule has 4 heterocycles. The van der Waals surface area contributed by atoms with Crippen LogP contribution in [0.5, 0.6) is 0 Å². The Morgan fingerprint density at radius 2 is 0.418 bits per heavy atom. The lowest BCUT2D eigenvalue weighted by Gasteiger charge is -2.16. The van der Waals surface area contributed by atoms with E-state index in [9.17, 15) is 0 Å². The molecule has 8 heteroatoms. The molecule has 0 aliphatic heterocycles. The summed E-state index contributed by atoms with van der Waals surface area (Å²) in [5.74, 6) is 3.82. The van der Waals surface area contributed by atoms with E-state index in [2.05, 4.69) is 390 Å². The number of fused-ring (bicyclic) bond motifs is 8. The average Bonchev–Trinajstić information content (AvgIpc) is 0.749. The van der Waals surface area contributed by atoms with Gasteiger partial charge in [0.1, 0.15) is 0 Å². The van der Waals surface area contributed by atoms with Crippen molar-refractivity contribution in [2.75, 3.05) is 0 Å². The molecule has 0 aliphatic carbocycles. The van der Waals surface area contributed by atoms with Crippen LogP contribution in [-0.4, -0.2) is 39.9 Å². The summed E-state index contributed by atoms with van der Waals surface area (Å²) in [6, 6.07) is 132. The lowest BCUT2D eigenvalue weighted by atomic mass is 9.91.